The lowest BCUT2D eigenvalue weighted by Gasteiger charge is -1.98. The first-order chi connectivity index (χ1) is 3.81. The second kappa shape index (κ2) is 4.77. The molecule has 0 aromatic carbocycles. The van der Waals surface area contributed by atoms with Gasteiger partial charge in [0.25, 0.3) is 0 Å². The summed E-state index contributed by atoms with van der Waals surface area (Å²) in [6.45, 7) is 2.19. The van der Waals surface area contributed by atoms with Gasteiger partial charge in [0.15, 0.2) is 0 Å². The molecule has 0 aliphatic heterocycles. The van der Waals surface area contributed by atoms with E-state index in [1.165, 1.54) is 11.9 Å². The first kappa shape index (κ1) is 7.62. The van der Waals surface area contributed by atoms with Crippen LogP contribution in [0.25, 0.3) is 0 Å². The average Bonchev–Trinajstić information content (AvgIpc) is 1.68. The highest BCUT2D eigenvalue weighted by Gasteiger charge is 1.93. The Morgan fingerprint density at radius 1 is 1.88 bits per heavy atom. The summed E-state index contributed by atoms with van der Waals surface area (Å²) in [5.41, 5.74) is 0. The van der Waals surface area contributed by atoms with Gasteiger partial charge < -0.3 is 4.74 Å². The van der Waals surface area contributed by atoms with Gasteiger partial charge in [-0.3, -0.25) is 4.72 Å². The minimum Gasteiger partial charge on any atom is -0.449 e. The summed E-state index contributed by atoms with van der Waals surface area (Å²) in [6, 6.07) is 0. The van der Waals surface area contributed by atoms with Gasteiger partial charge in [-0.2, -0.15) is 0 Å². The van der Waals surface area contributed by atoms with E-state index < -0.39 is 0 Å². The molecule has 48 valence electrons. The van der Waals surface area contributed by atoms with Gasteiger partial charge in [-0.25, -0.2) is 4.79 Å². The van der Waals surface area contributed by atoms with E-state index in [1.54, 1.807) is 13.2 Å². The molecule has 3 nitrogen and oxygen atoms in total. The van der Waals surface area contributed by atoms with Crippen molar-refractivity contribution in [1.82, 2.24) is 4.72 Å². The Labute approximate surface area is 52.9 Å². The van der Waals surface area contributed by atoms with Crippen molar-refractivity contribution in [2.75, 3.05) is 12.9 Å². The topological polar surface area (TPSA) is 38.3 Å². The maximum absolute atomic E-state index is 10.3. The number of carbonyl (C=O) groups excluding carboxylic acids is 1. The van der Waals surface area contributed by atoms with Crippen LogP contribution in [-0.4, -0.2) is 19.0 Å². The summed E-state index contributed by atoms with van der Waals surface area (Å²) < 4.78 is 6.91. The zero-order chi connectivity index (χ0) is 6.41. The van der Waals surface area contributed by atoms with E-state index in [-0.39, 0.29) is 6.09 Å². The van der Waals surface area contributed by atoms with Gasteiger partial charge in [-0.15, -0.1) is 0 Å². The minimum atomic E-state index is -0.375. The Hall–Kier alpha value is -0.380. The fraction of sp³-hybridized carbons (Fsp3) is 0.750. The molecule has 4 heteroatoms. The molecular formula is C4H9NO2S. The number of carbonyl (C=O) groups is 1. The Bertz CT molecular complexity index is 68.4. The molecule has 0 rings (SSSR count). The third kappa shape index (κ3) is 3.80. The molecule has 0 bridgehead atoms. The maximum atomic E-state index is 10.3. The van der Waals surface area contributed by atoms with Crippen LogP contribution < -0.4 is 4.72 Å². The van der Waals surface area contributed by atoms with Crippen molar-refractivity contribution < 1.29 is 9.53 Å². The fourth-order valence-corrected chi connectivity index (χ4v) is 0.469. The number of rotatable bonds is 2. The molecule has 0 unspecified atom stereocenters. The molecule has 0 heterocycles. The Morgan fingerprint density at radius 3 is 2.88 bits per heavy atom. The van der Waals surface area contributed by atoms with Crippen LogP contribution in [0.5, 0.6) is 0 Å². The van der Waals surface area contributed by atoms with Gasteiger partial charge in [0.2, 0.25) is 0 Å². The van der Waals surface area contributed by atoms with Crippen molar-refractivity contribution in [3.05, 3.63) is 0 Å². The van der Waals surface area contributed by atoms with Crippen LogP contribution >= 0.6 is 11.9 Å². The SMILES string of the molecule is CCOC(=O)NSC. The first-order valence-corrected chi connectivity index (χ1v) is 3.49. The predicted molar refractivity (Wildman–Crippen MR) is 33.7 cm³/mol. The van der Waals surface area contributed by atoms with E-state index in [1.807, 2.05) is 0 Å². The Balaban J connectivity index is 3.06. The largest absolute Gasteiger partial charge is 0.449 e. The first-order valence-electron chi connectivity index (χ1n) is 2.27. The Kier molecular flexibility index (Phi) is 4.54. The van der Waals surface area contributed by atoms with Crippen molar-refractivity contribution in [3.63, 3.8) is 0 Å². The third-order valence-electron chi connectivity index (χ3n) is 0.461. The summed E-state index contributed by atoms with van der Waals surface area (Å²) in [6.07, 6.45) is 1.39. The number of hydrogen-bond donors (Lipinski definition) is 1. The molecule has 0 radical (unpaired) electrons. The molecule has 0 aliphatic carbocycles. The van der Waals surface area contributed by atoms with Crippen molar-refractivity contribution >= 4 is 18.0 Å². The van der Waals surface area contributed by atoms with Crippen molar-refractivity contribution in [1.29, 1.82) is 0 Å². The second-order valence-corrected chi connectivity index (χ2v) is 1.64. The highest BCUT2D eigenvalue weighted by Crippen LogP contribution is 1.84. The van der Waals surface area contributed by atoms with E-state index in [4.69, 9.17) is 0 Å². The normalized spacial score (nSPS) is 8.25. The third-order valence-corrected chi connectivity index (χ3v) is 0.832. The van der Waals surface area contributed by atoms with Gasteiger partial charge >= 0.3 is 6.09 Å². The van der Waals surface area contributed by atoms with Crippen LogP contribution in [0.15, 0.2) is 0 Å². The van der Waals surface area contributed by atoms with E-state index >= 15 is 0 Å². The zero-order valence-corrected chi connectivity index (χ0v) is 5.75. The second-order valence-electron chi connectivity index (χ2n) is 1.03. The molecule has 0 atom stereocenters. The quantitative estimate of drug-likeness (QED) is 0.574. The standard InChI is InChI=1S/C4H9NO2S/c1-3-7-4(6)5-8-2/h3H2,1-2H3,(H,5,6). The van der Waals surface area contributed by atoms with Crippen molar-refractivity contribution in [2.24, 2.45) is 0 Å². The lowest BCUT2D eigenvalue weighted by Crippen LogP contribution is -2.16. The van der Waals surface area contributed by atoms with Gasteiger partial charge in [0.1, 0.15) is 0 Å². The summed E-state index contributed by atoms with van der Waals surface area (Å²) >= 11 is 1.23. The lowest BCUT2D eigenvalue weighted by molar-refractivity contribution is 0.159. The smallest absolute Gasteiger partial charge is 0.417 e. The van der Waals surface area contributed by atoms with Crippen LogP contribution in [0.2, 0.25) is 0 Å². The number of nitrogens with one attached hydrogen (secondary N) is 1. The summed E-state index contributed by atoms with van der Waals surface area (Å²) in [5, 5.41) is 0. The van der Waals surface area contributed by atoms with Crippen molar-refractivity contribution in [2.45, 2.75) is 6.92 Å². The summed E-state index contributed by atoms with van der Waals surface area (Å²) in [5.74, 6) is 0. The number of ether oxygens (including phenoxy) is 1. The zero-order valence-electron chi connectivity index (χ0n) is 4.93. The molecule has 0 saturated carbocycles. The fourth-order valence-electron chi connectivity index (χ4n) is 0.244. The molecule has 0 aliphatic rings. The molecule has 0 fully saturated rings. The van der Waals surface area contributed by atoms with Gasteiger partial charge in [-0.1, -0.05) is 11.9 Å². The molecular weight excluding hydrogens is 126 g/mol. The van der Waals surface area contributed by atoms with E-state index in [0.717, 1.165) is 0 Å². The van der Waals surface area contributed by atoms with Gasteiger partial charge in [-0.05, 0) is 6.92 Å². The van der Waals surface area contributed by atoms with E-state index in [2.05, 4.69) is 9.46 Å². The maximum Gasteiger partial charge on any atom is 0.417 e. The van der Waals surface area contributed by atoms with Crippen LogP contribution in [0, 0.1) is 0 Å². The van der Waals surface area contributed by atoms with Crippen LogP contribution in [0.1, 0.15) is 6.92 Å². The molecule has 8 heavy (non-hydrogen) atoms. The highest BCUT2D eigenvalue weighted by molar-refractivity contribution is 7.97. The Morgan fingerprint density at radius 2 is 2.50 bits per heavy atom. The van der Waals surface area contributed by atoms with Crippen LogP contribution in [-0.2, 0) is 4.74 Å². The molecule has 0 saturated heterocycles. The molecule has 0 spiro atoms. The minimum absolute atomic E-state index is 0.375. The van der Waals surface area contributed by atoms with Crippen LogP contribution in [0.4, 0.5) is 4.79 Å². The van der Waals surface area contributed by atoms with E-state index in [0.29, 0.717) is 6.61 Å². The molecule has 0 aromatic heterocycles. The number of hydrogen-bond acceptors (Lipinski definition) is 3. The predicted octanol–water partition coefficient (Wildman–Crippen LogP) is 1.01. The lowest BCUT2D eigenvalue weighted by atomic mass is 10.9. The molecule has 1 amide bonds. The van der Waals surface area contributed by atoms with E-state index in [9.17, 15) is 4.79 Å². The van der Waals surface area contributed by atoms with Gasteiger partial charge in [0, 0.05) is 6.26 Å². The number of amides is 1. The highest BCUT2D eigenvalue weighted by atomic mass is 32.2. The van der Waals surface area contributed by atoms with Crippen LogP contribution in [0.3, 0.4) is 0 Å². The average molecular weight is 135 g/mol. The van der Waals surface area contributed by atoms with Gasteiger partial charge in [0.05, 0.1) is 6.61 Å². The van der Waals surface area contributed by atoms with Crippen molar-refractivity contribution in [3.8, 4) is 0 Å². The summed E-state index contributed by atoms with van der Waals surface area (Å²) in [7, 11) is 0. The molecule has 0 aromatic rings. The monoisotopic (exact) mass is 135 g/mol. The summed E-state index contributed by atoms with van der Waals surface area (Å²) in [4.78, 5) is 10.3. The molecule has 1 N–H and O–H groups in total.